The molecule has 6 heteroatoms. The lowest BCUT2D eigenvalue weighted by atomic mass is 10.0. The fraction of sp³-hybridized carbons (Fsp3) is 0.0667. The predicted molar refractivity (Wildman–Crippen MR) is 144 cm³/mol. The Morgan fingerprint density at radius 1 is 0.583 bits per heavy atom. The smallest absolute Gasteiger partial charge is 0.124 e. The number of rotatable bonds is 8. The van der Waals surface area contributed by atoms with Crippen LogP contribution in [0.5, 0.6) is 23.0 Å². The van der Waals surface area contributed by atoms with Gasteiger partial charge >= 0.3 is 0 Å². The van der Waals surface area contributed by atoms with Gasteiger partial charge in [-0.3, -0.25) is 9.98 Å². The molecule has 2 N–H and O–H groups in total. The summed E-state index contributed by atoms with van der Waals surface area (Å²) in [6.45, 7) is 0. The zero-order chi connectivity index (χ0) is 25.3. The van der Waals surface area contributed by atoms with Crippen LogP contribution in [0.3, 0.4) is 0 Å². The summed E-state index contributed by atoms with van der Waals surface area (Å²) < 4.78 is 10.6. The van der Waals surface area contributed by atoms with Gasteiger partial charge in [-0.05, 0) is 36.4 Å². The lowest BCUT2D eigenvalue weighted by Gasteiger charge is -2.10. The van der Waals surface area contributed by atoms with Crippen LogP contribution < -0.4 is 9.47 Å². The number of methoxy groups -OCH3 is 2. The minimum Gasteiger partial charge on any atom is -0.507 e. The third-order valence-corrected chi connectivity index (χ3v) is 5.45. The molecule has 4 rings (SSSR count). The second-order valence-electron chi connectivity index (χ2n) is 7.80. The van der Waals surface area contributed by atoms with E-state index in [-0.39, 0.29) is 11.5 Å². The van der Waals surface area contributed by atoms with Crippen LogP contribution in [0.2, 0.25) is 0 Å². The summed E-state index contributed by atoms with van der Waals surface area (Å²) in [6.07, 6.45) is 3.17. The van der Waals surface area contributed by atoms with Gasteiger partial charge in [0, 0.05) is 34.7 Å². The molecular formula is C30H26N2O4. The Bertz CT molecular complexity index is 1300. The van der Waals surface area contributed by atoms with E-state index in [0.717, 1.165) is 11.1 Å². The molecule has 0 saturated heterocycles. The van der Waals surface area contributed by atoms with E-state index in [9.17, 15) is 10.2 Å². The van der Waals surface area contributed by atoms with Crippen LogP contribution in [0.25, 0.3) is 11.4 Å². The van der Waals surface area contributed by atoms with Gasteiger partial charge in [0.25, 0.3) is 0 Å². The Morgan fingerprint density at radius 3 is 1.33 bits per heavy atom. The van der Waals surface area contributed by atoms with E-state index in [1.165, 1.54) is 0 Å². The monoisotopic (exact) mass is 478 g/mol. The number of phenols is 2. The van der Waals surface area contributed by atoms with E-state index in [2.05, 4.69) is 0 Å². The van der Waals surface area contributed by atoms with E-state index in [4.69, 9.17) is 19.5 Å². The molecular weight excluding hydrogens is 452 g/mol. The maximum atomic E-state index is 10.4. The Labute approximate surface area is 210 Å². The third kappa shape index (κ3) is 5.80. The van der Waals surface area contributed by atoms with Crippen LogP contribution >= 0.6 is 0 Å². The molecule has 0 bridgehead atoms. The SMILES string of the molecule is COc1ccc(O)c(C=N/C(=C(\N=Cc2cc(OC)ccc2O)c2ccccc2)c2ccccc2)c1. The standard InChI is InChI=1S/C30H26N2O4/c1-35-25-13-15-27(33)23(17-25)19-31-29(21-9-5-3-6-10-21)30(22-11-7-4-8-12-22)32-20-24-18-26(36-2)14-16-28(24)34/h3-20,33-34H,1-2H3/b30-29-,31-19?,32-20?. The van der Waals surface area contributed by atoms with Gasteiger partial charge in [0.1, 0.15) is 23.0 Å². The molecule has 0 heterocycles. The Balaban J connectivity index is 1.91. The molecule has 0 aromatic heterocycles. The Hall–Kier alpha value is -4.84. The minimum atomic E-state index is 0.0815. The molecule has 0 fully saturated rings. The quantitative estimate of drug-likeness (QED) is 0.234. The van der Waals surface area contributed by atoms with Gasteiger partial charge in [-0.1, -0.05) is 60.7 Å². The first-order valence-corrected chi connectivity index (χ1v) is 11.3. The molecule has 0 spiro atoms. The number of phenolic OH excluding ortho intramolecular Hbond substituents is 2. The van der Waals surface area contributed by atoms with Crippen molar-refractivity contribution >= 4 is 23.8 Å². The number of hydrogen-bond acceptors (Lipinski definition) is 6. The van der Waals surface area contributed by atoms with Crippen LogP contribution in [0.15, 0.2) is 107 Å². The molecule has 0 amide bonds. The van der Waals surface area contributed by atoms with Gasteiger partial charge in [0.15, 0.2) is 0 Å². The number of hydrogen-bond donors (Lipinski definition) is 2. The van der Waals surface area contributed by atoms with Crippen molar-refractivity contribution < 1.29 is 19.7 Å². The fourth-order valence-electron chi connectivity index (χ4n) is 3.53. The van der Waals surface area contributed by atoms with Gasteiger partial charge in [0.2, 0.25) is 0 Å². The predicted octanol–water partition coefficient (Wildman–Crippen LogP) is 6.18. The van der Waals surface area contributed by atoms with Gasteiger partial charge in [-0.25, -0.2) is 0 Å². The zero-order valence-corrected chi connectivity index (χ0v) is 20.0. The fourth-order valence-corrected chi connectivity index (χ4v) is 3.53. The molecule has 0 atom stereocenters. The molecule has 0 unspecified atom stereocenters. The molecule has 0 saturated carbocycles. The average molecular weight is 479 g/mol. The molecule has 0 aliphatic carbocycles. The van der Waals surface area contributed by atoms with Crippen molar-refractivity contribution in [1.29, 1.82) is 0 Å². The summed E-state index contributed by atoms with van der Waals surface area (Å²) in [7, 11) is 3.14. The number of nitrogens with zero attached hydrogens (tertiary/aromatic N) is 2. The summed E-state index contributed by atoms with van der Waals surface area (Å²) in [5.74, 6) is 1.37. The van der Waals surface area contributed by atoms with Crippen LogP contribution in [0, 0.1) is 0 Å². The van der Waals surface area contributed by atoms with Crippen molar-refractivity contribution in [2.75, 3.05) is 14.2 Å². The normalized spacial score (nSPS) is 12.1. The molecule has 180 valence electrons. The van der Waals surface area contributed by atoms with E-state index in [1.54, 1.807) is 63.0 Å². The molecule has 36 heavy (non-hydrogen) atoms. The van der Waals surface area contributed by atoms with Gasteiger partial charge in [-0.2, -0.15) is 0 Å². The lowest BCUT2D eigenvalue weighted by molar-refractivity contribution is 0.412. The van der Waals surface area contributed by atoms with E-state index < -0.39 is 0 Å². The largest absolute Gasteiger partial charge is 0.507 e. The third-order valence-electron chi connectivity index (χ3n) is 5.45. The topological polar surface area (TPSA) is 83.6 Å². The van der Waals surface area contributed by atoms with Crippen LogP contribution in [-0.2, 0) is 0 Å². The minimum absolute atomic E-state index is 0.0815. The summed E-state index contributed by atoms with van der Waals surface area (Å²) in [5.41, 5.74) is 3.85. The zero-order valence-electron chi connectivity index (χ0n) is 20.0. The molecule has 0 aliphatic heterocycles. The highest BCUT2D eigenvalue weighted by atomic mass is 16.5. The van der Waals surface area contributed by atoms with Crippen molar-refractivity contribution in [3.8, 4) is 23.0 Å². The van der Waals surface area contributed by atoms with Crippen LogP contribution in [0.4, 0.5) is 0 Å². The van der Waals surface area contributed by atoms with Crippen molar-refractivity contribution in [2.45, 2.75) is 0 Å². The Kier molecular flexibility index (Phi) is 7.78. The first-order valence-electron chi connectivity index (χ1n) is 11.3. The molecule has 6 nitrogen and oxygen atoms in total. The molecule has 4 aromatic rings. The number of aliphatic imine (C=N–C) groups is 2. The molecule has 0 aliphatic rings. The summed E-state index contributed by atoms with van der Waals surface area (Å²) in [6, 6.07) is 29.2. The van der Waals surface area contributed by atoms with Crippen molar-refractivity contribution in [2.24, 2.45) is 9.98 Å². The first-order chi connectivity index (χ1) is 17.6. The van der Waals surface area contributed by atoms with Gasteiger partial charge in [0.05, 0.1) is 25.6 Å². The van der Waals surface area contributed by atoms with E-state index in [1.807, 2.05) is 60.7 Å². The lowest BCUT2D eigenvalue weighted by Crippen LogP contribution is -1.93. The van der Waals surface area contributed by atoms with Gasteiger partial charge in [-0.15, -0.1) is 0 Å². The van der Waals surface area contributed by atoms with E-state index in [0.29, 0.717) is 34.0 Å². The number of ether oxygens (including phenoxy) is 2. The number of aromatic hydroxyl groups is 2. The van der Waals surface area contributed by atoms with Crippen molar-refractivity contribution in [3.63, 3.8) is 0 Å². The maximum absolute atomic E-state index is 10.4. The van der Waals surface area contributed by atoms with Crippen LogP contribution in [0.1, 0.15) is 22.3 Å². The van der Waals surface area contributed by atoms with Crippen molar-refractivity contribution in [1.82, 2.24) is 0 Å². The highest BCUT2D eigenvalue weighted by molar-refractivity contribution is 5.99. The second-order valence-corrected chi connectivity index (χ2v) is 7.80. The van der Waals surface area contributed by atoms with E-state index >= 15 is 0 Å². The molecule has 4 aromatic carbocycles. The highest BCUT2D eigenvalue weighted by Crippen LogP contribution is 2.30. The summed E-state index contributed by atoms with van der Waals surface area (Å²) in [5, 5.41) is 20.7. The highest BCUT2D eigenvalue weighted by Gasteiger charge is 2.12. The average Bonchev–Trinajstić information content (AvgIpc) is 2.93. The summed E-state index contributed by atoms with van der Waals surface area (Å²) >= 11 is 0. The second kappa shape index (κ2) is 11.5. The number of benzene rings is 4. The Morgan fingerprint density at radius 2 is 0.972 bits per heavy atom. The van der Waals surface area contributed by atoms with Crippen molar-refractivity contribution in [3.05, 3.63) is 119 Å². The summed E-state index contributed by atoms with van der Waals surface area (Å²) in [4.78, 5) is 9.57. The van der Waals surface area contributed by atoms with Gasteiger partial charge < -0.3 is 19.7 Å². The first kappa shape index (κ1) is 24.3. The van der Waals surface area contributed by atoms with Crippen LogP contribution in [-0.4, -0.2) is 36.9 Å². The molecule has 0 radical (unpaired) electrons. The maximum Gasteiger partial charge on any atom is 0.124 e.